The highest BCUT2D eigenvalue weighted by atomic mass is 16.7. The third kappa shape index (κ3) is 7.46. The van der Waals surface area contributed by atoms with Gasteiger partial charge in [-0.3, -0.25) is 4.79 Å². The monoisotopic (exact) mass is 492 g/mol. The minimum Gasteiger partial charge on any atom is -0.463 e. The molecule has 5 atom stereocenters. The normalized spacial score (nSPS) is 23.8. The topological polar surface area (TPSA) is 83.5 Å². The molecule has 0 bridgehead atoms. The van der Waals surface area contributed by atoms with Crippen LogP contribution in [-0.4, -0.2) is 48.4 Å². The van der Waals surface area contributed by atoms with Crippen molar-refractivity contribution < 1.29 is 33.6 Å². The molecule has 0 aromatic heterocycles. The van der Waals surface area contributed by atoms with Gasteiger partial charge in [-0.05, 0) is 16.7 Å². The molecule has 0 unspecified atom stereocenters. The van der Waals surface area contributed by atoms with Gasteiger partial charge in [-0.15, -0.1) is 0 Å². The van der Waals surface area contributed by atoms with Gasteiger partial charge in [0.05, 0.1) is 19.8 Å². The Balaban J connectivity index is 1.57. The first-order chi connectivity index (χ1) is 17.6. The second-order valence-corrected chi connectivity index (χ2v) is 8.65. The molecule has 3 aromatic carbocycles. The van der Waals surface area contributed by atoms with E-state index in [1.54, 1.807) is 0 Å². The van der Waals surface area contributed by atoms with Gasteiger partial charge in [-0.25, -0.2) is 0 Å². The molecule has 0 spiro atoms. The predicted molar refractivity (Wildman–Crippen MR) is 133 cm³/mol. The van der Waals surface area contributed by atoms with Crippen molar-refractivity contribution in [2.45, 2.75) is 57.5 Å². The van der Waals surface area contributed by atoms with Crippen molar-refractivity contribution in [2.75, 3.05) is 6.61 Å². The van der Waals surface area contributed by atoms with Crippen LogP contribution >= 0.6 is 0 Å². The van der Waals surface area contributed by atoms with Gasteiger partial charge in [0.25, 0.3) is 0 Å². The molecule has 1 aliphatic heterocycles. The molecule has 0 aliphatic carbocycles. The van der Waals surface area contributed by atoms with Crippen molar-refractivity contribution in [2.24, 2.45) is 0 Å². The van der Waals surface area contributed by atoms with Crippen LogP contribution in [0.1, 0.15) is 23.6 Å². The average molecular weight is 493 g/mol. The third-order valence-corrected chi connectivity index (χ3v) is 5.92. The first-order valence-electron chi connectivity index (χ1n) is 12.0. The molecule has 3 aromatic rings. The number of carbonyl (C=O) groups excluding carboxylic acids is 1. The lowest BCUT2D eigenvalue weighted by Gasteiger charge is -2.44. The van der Waals surface area contributed by atoms with E-state index < -0.39 is 36.7 Å². The summed E-state index contributed by atoms with van der Waals surface area (Å²) in [6, 6.07) is 29.2. The Labute approximate surface area is 211 Å². The van der Waals surface area contributed by atoms with Crippen molar-refractivity contribution in [3.8, 4) is 0 Å². The lowest BCUT2D eigenvalue weighted by molar-refractivity contribution is -0.315. The fourth-order valence-electron chi connectivity index (χ4n) is 4.10. The van der Waals surface area contributed by atoms with Gasteiger partial charge in [0, 0.05) is 6.92 Å². The SMILES string of the molecule is CC(=O)OC[C@H]1O[C@H](O)[C@H](OCc2ccccc2)[C@@H](OCc2ccccc2)[C@@H]1OCc1ccccc1. The number of rotatable bonds is 11. The second kappa shape index (κ2) is 13.3. The number of benzene rings is 3. The van der Waals surface area contributed by atoms with E-state index in [0.29, 0.717) is 0 Å². The van der Waals surface area contributed by atoms with Gasteiger partial charge in [0.1, 0.15) is 31.0 Å². The van der Waals surface area contributed by atoms with Gasteiger partial charge in [-0.2, -0.15) is 0 Å². The van der Waals surface area contributed by atoms with Gasteiger partial charge in [0.2, 0.25) is 0 Å². The summed E-state index contributed by atoms with van der Waals surface area (Å²) in [5.74, 6) is -0.445. The van der Waals surface area contributed by atoms with Gasteiger partial charge < -0.3 is 28.8 Å². The number of aliphatic hydroxyl groups excluding tert-OH is 1. The van der Waals surface area contributed by atoms with Crippen molar-refractivity contribution >= 4 is 5.97 Å². The van der Waals surface area contributed by atoms with E-state index in [4.69, 9.17) is 23.7 Å². The Hall–Kier alpha value is -3.07. The predicted octanol–water partition coefficient (Wildman–Crippen LogP) is 4.02. The fourth-order valence-corrected chi connectivity index (χ4v) is 4.10. The zero-order valence-electron chi connectivity index (χ0n) is 20.3. The second-order valence-electron chi connectivity index (χ2n) is 8.65. The molecular formula is C29H32O7. The van der Waals surface area contributed by atoms with Gasteiger partial charge in [0.15, 0.2) is 6.29 Å². The summed E-state index contributed by atoms with van der Waals surface area (Å²) in [6.07, 6.45) is -4.24. The largest absolute Gasteiger partial charge is 0.463 e. The number of carbonyl (C=O) groups is 1. The molecule has 7 heteroatoms. The van der Waals surface area contributed by atoms with Crippen molar-refractivity contribution in [3.05, 3.63) is 108 Å². The van der Waals surface area contributed by atoms with Crippen LogP contribution in [0, 0.1) is 0 Å². The van der Waals surface area contributed by atoms with Crippen LogP contribution in [0.15, 0.2) is 91.0 Å². The Morgan fingerprint density at radius 1 is 0.694 bits per heavy atom. The summed E-state index contributed by atoms with van der Waals surface area (Å²) in [7, 11) is 0. The van der Waals surface area contributed by atoms with E-state index in [9.17, 15) is 9.90 Å². The molecule has 0 radical (unpaired) electrons. The third-order valence-electron chi connectivity index (χ3n) is 5.92. The Kier molecular flexibility index (Phi) is 9.61. The Bertz CT molecular complexity index is 1040. The number of aliphatic hydroxyl groups is 1. The summed E-state index contributed by atoms with van der Waals surface area (Å²) in [4.78, 5) is 11.5. The maximum atomic E-state index is 11.5. The van der Waals surface area contributed by atoms with E-state index in [1.165, 1.54) is 6.92 Å². The number of hydrogen-bond donors (Lipinski definition) is 1. The molecule has 1 saturated heterocycles. The first kappa shape index (κ1) is 26.0. The molecule has 190 valence electrons. The van der Waals surface area contributed by atoms with Gasteiger partial charge in [-0.1, -0.05) is 91.0 Å². The molecule has 1 N–H and O–H groups in total. The van der Waals surface area contributed by atoms with Crippen LogP contribution < -0.4 is 0 Å². The molecule has 4 rings (SSSR count). The lowest BCUT2D eigenvalue weighted by atomic mass is 9.98. The quantitative estimate of drug-likeness (QED) is 0.405. The molecule has 1 fully saturated rings. The molecule has 0 amide bonds. The Morgan fingerprint density at radius 3 is 1.56 bits per heavy atom. The van der Waals surface area contributed by atoms with E-state index in [-0.39, 0.29) is 26.4 Å². The first-order valence-corrected chi connectivity index (χ1v) is 12.0. The number of esters is 1. The van der Waals surface area contributed by atoms with Crippen LogP contribution in [0.2, 0.25) is 0 Å². The summed E-state index contributed by atoms with van der Waals surface area (Å²) in [5, 5.41) is 10.9. The van der Waals surface area contributed by atoms with Crippen LogP contribution in [0.3, 0.4) is 0 Å². The standard InChI is InChI=1S/C29H32O7/c1-21(30)32-20-25-26(33-17-22-11-5-2-6-12-22)27(34-18-23-13-7-3-8-14-23)28(29(31)36-25)35-19-24-15-9-4-10-16-24/h2-16,25-29,31H,17-20H2,1H3/t25-,26-,27+,28-,29+/m1/s1. The highest BCUT2D eigenvalue weighted by molar-refractivity contribution is 5.65. The van der Waals surface area contributed by atoms with Crippen molar-refractivity contribution in [1.29, 1.82) is 0 Å². The van der Waals surface area contributed by atoms with E-state index >= 15 is 0 Å². The van der Waals surface area contributed by atoms with Crippen LogP contribution in [0.25, 0.3) is 0 Å². The molecule has 36 heavy (non-hydrogen) atoms. The molecule has 1 heterocycles. The van der Waals surface area contributed by atoms with Crippen LogP contribution in [-0.2, 0) is 48.3 Å². The zero-order chi connectivity index (χ0) is 25.2. The average Bonchev–Trinajstić information content (AvgIpc) is 2.91. The van der Waals surface area contributed by atoms with E-state index in [0.717, 1.165) is 16.7 Å². The van der Waals surface area contributed by atoms with Gasteiger partial charge >= 0.3 is 5.97 Å². The summed E-state index contributed by atoms with van der Waals surface area (Å²) in [5.41, 5.74) is 2.90. The summed E-state index contributed by atoms with van der Waals surface area (Å²) < 4.78 is 29.9. The summed E-state index contributed by atoms with van der Waals surface area (Å²) >= 11 is 0. The molecule has 0 saturated carbocycles. The van der Waals surface area contributed by atoms with Crippen molar-refractivity contribution in [1.82, 2.24) is 0 Å². The minimum atomic E-state index is -1.30. The zero-order valence-corrected chi connectivity index (χ0v) is 20.3. The maximum Gasteiger partial charge on any atom is 0.302 e. The molecule has 7 nitrogen and oxygen atoms in total. The van der Waals surface area contributed by atoms with Crippen molar-refractivity contribution in [3.63, 3.8) is 0 Å². The van der Waals surface area contributed by atoms with Crippen LogP contribution in [0.4, 0.5) is 0 Å². The summed E-state index contributed by atoms with van der Waals surface area (Å²) in [6.45, 7) is 2.08. The number of hydrogen-bond acceptors (Lipinski definition) is 7. The minimum absolute atomic E-state index is 0.0809. The lowest BCUT2D eigenvalue weighted by Crippen LogP contribution is -2.61. The smallest absolute Gasteiger partial charge is 0.302 e. The molecule has 1 aliphatic rings. The Morgan fingerprint density at radius 2 is 1.11 bits per heavy atom. The van der Waals surface area contributed by atoms with E-state index in [1.807, 2.05) is 91.0 Å². The maximum absolute atomic E-state index is 11.5. The molecular weight excluding hydrogens is 460 g/mol. The highest BCUT2D eigenvalue weighted by Gasteiger charge is 2.48. The fraction of sp³-hybridized carbons (Fsp3) is 0.345. The van der Waals surface area contributed by atoms with E-state index in [2.05, 4.69) is 0 Å². The van der Waals surface area contributed by atoms with Crippen LogP contribution in [0.5, 0.6) is 0 Å². The highest BCUT2D eigenvalue weighted by Crippen LogP contribution is 2.30. The number of ether oxygens (including phenoxy) is 5.